The van der Waals surface area contributed by atoms with E-state index in [2.05, 4.69) is 86.7 Å². The van der Waals surface area contributed by atoms with Gasteiger partial charge in [-0.25, -0.2) is 0 Å². The van der Waals surface area contributed by atoms with Gasteiger partial charge in [-0.2, -0.15) is 6.42 Å². The van der Waals surface area contributed by atoms with Crippen LogP contribution in [0.3, 0.4) is 0 Å². The number of hydrogen-bond donors (Lipinski definition) is 0. The Labute approximate surface area is 170 Å². The van der Waals surface area contributed by atoms with Crippen molar-refractivity contribution in [3.63, 3.8) is 0 Å². The molecule has 0 saturated heterocycles. The summed E-state index contributed by atoms with van der Waals surface area (Å²) < 4.78 is 0. The van der Waals surface area contributed by atoms with Crippen molar-refractivity contribution < 1.29 is 20.8 Å². The van der Waals surface area contributed by atoms with Crippen LogP contribution >= 0.6 is 17.0 Å². The molecule has 0 amide bonds. The van der Waals surface area contributed by atoms with E-state index >= 15 is 0 Å². The van der Waals surface area contributed by atoms with Crippen molar-refractivity contribution in [3.8, 4) is 0 Å². The molecule has 0 fully saturated rings. The Balaban J connectivity index is 0.000000158. The van der Waals surface area contributed by atoms with E-state index in [-0.39, 0.29) is 0 Å². The zero-order valence-corrected chi connectivity index (χ0v) is 18.1. The van der Waals surface area contributed by atoms with Crippen LogP contribution in [0, 0.1) is 13.8 Å². The molecule has 0 saturated carbocycles. The van der Waals surface area contributed by atoms with Gasteiger partial charge in [-0.05, 0) is 16.7 Å². The number of allylic oxidation sites excluding steroid dienone is 2. The molecule has 0 spiro atoms. The van der Waals surface area contributed by atoms with E-state index in [1.54, 1.807) is 0 Å². The molecule has 2 aliphatic rings. The van der Waals surface area contributed by atoms with E-state index < -0.39 is 20.8 Å². The minimum atomic E-state index is -0.826. The summed E-state index contributed by atoms with van der Waals surface area (Å²) in [5, 5.41) is 0. The molecule has 0 aliphatic heterocycles. The van der Waals surface area contributed by atoms with E-state index in [0.717, 1.165) is 6.42 Å². The third-order valence-electron chi connectivity index (χ3n) is 4.32. The Bertz CT molecular complexity index is 721. The molecule has 25 heavy (non-hydrogen) atoms. The standard InChI is InChI=1S/C12H13.C10H9.2ClH.Zr/c1-2-5-10-8-9-11-6-3-4-7-12(10)11;1-8-6-7-9-4-2-3-5-10(8)9;;;/h3-4,6-10H,1-2,5H2;2-8H,1H2;2*1H;/q2*-1;;;+4/p-2. The maximum atomic E-state index is 4.93. The van der Waals surface area contributed by atoms with E-state index in [9.17, 15) is 0 Å². The maximum absolute atomic E-state index is 4.93. The zero-order chi connectivity index (χ0) is 18.1. The molecule has 2 unspecified atom stereocenters. The Morgan fingerprint density at radius 1 is 0.840 bits per heavy atom. The summed E-state index contributed by atoms with van der Waals surface area (Å²) in [7, 11) is 9.87. The van der Waals surface area contributed by atoms with Gasteiger partial charge in [0.05, 0.1) is 0 Å². The summed E-state index contributed by atoms with van der Waals surface area (Å²) in [4.78, 5) is 0. The topological polar surface area (TPSA) is 0 Å². The van der Waals surface area contributed by atoms with Crippen molar-refractivity contribution >= 4 is 29.2 Å². The molecule has 0 heterocycles. The van der Waals surface area contributed by atoms with E-state index in [1.165, 1.54) is 28.7 Å². The molecule has 128 valence electrons. The van der Waals surface area contributed by atoms with E-state index in [1.807, 2.05) is 0 Å². The van der Waals surface area contributed by atoms with Crippen LogP contribution in [0.4, 0.5) is 0 Å². The molecule has 2 atom stereocenters. The SMILES string of the molecule is [CH2-]C1C=Cc2ccccc21.[CH2-]CCC1C=Cc2ccccc21.[Cl][Zr+2][Cl]. The fourth-order valence-corrected chi connectivity index (χ4v) is 3.12. The van der Waals surface area contributed by atoms with Gasteiger partial charge in [-0.3, -0.25) is 0 Å². The van der Waals surface area contributed by atoms with Crippen LogP contribution in [-0.4, -0.2) is 0 Å². The third-order valence-corrected chi connectivity index (χ3v) is 4.32. The molecular formula is C22H22Cl2Zr. The van der Waals surface area contributed by atoms with Crippen LogP contribution in [0.15, 0.2) is 60.7 Å². The number of rotatable bonds is 2. The average molecular weight is 449 g/mol. The van der Waals surface area contributed by atoms with Crippen LogP contribution in [-0.2, 0) is 20.8 Å². The summed E-state index contributed by atoms with van der Waals surface area (Å²) in [6.07, 6.45) is 11.0. The first-order valence-electron chi connectivity index (χ1n) is 8.34. The molecule has 2 aliphatic carbocycles. The number of hydrogen-bond acceptors (Lipinski definition) is 0. The predicted molar refractivity (Wildman–Crippen MR) is 108 cm³/mol. The summed E-state index contributed by atoms with van der Waals surface area (Å²) in [5.41, 5.74) is 5.53. The molecule has 0 N–H and O–H groups in total. The zero-order valence-electron chi connectivity index (χ0n) is 14.2. The molecule has 0 bridgehead atoms. The second-order valence-corrected chi connectivity index (χ2v) is 9.63. The second kappa shape index (κ2) is 11.2. The van der Waals surface area contributed by atoms with Crippen molar-refractivity contribution in [1.29, 1.82) is 0 Å². The fraction of sp³-hybridized carbons (Fsp3) is 0.182. The van der Waals surface area contributed by atoms with Gasteiger partial charge in [-0.1, -0.05) is 78.7 Å². The van der Waals surface area contributed by atoms with Crippen LogP contribution in [0.1, 0.15) is 46.9 Å². The van der Waals surface area contributed by atoms with Crippen LogP contribution in [0.5, 0.6) is 0 Å². The van der Waals surface area contributed by atoms with Gasteiger partial charge in [0.25, 0.3) is 0 Å². The van der Waals surface area contributed by atoms with Crippen LogP contribution in [0.25, 0.3) is 12.2 Å². The van der Waals surface area contributed by atoms with Crippen LogP contribution in [0.2, 0.25) is 0 Å². The molecule has 0 aromatic heterocycles. The fourth-order valence-electron chi connectivity index (χ4n) is 3.12. The molecule has 4 rings (SSSR count). The normalized spacial score (nSPS) is 18.2. The number of fused-ring (bicyclic) bond motifs is 2. The van der Waals surface area contributed by atoms with Crippen molar-refractivity contribution in [2.45, 2.75) is 24.7 Å². The molecule has 0 nitrogen and oxygen atoms in total. The first-order valence-corrected chi connectivity index (χ1v) is 14.7. The van der Waals surface area contributed by atoms with Gasteiger partial charge in [0.15, 0.2) is 0 Å². The van der Waals surface area contributed by atoms with Gasteiger partial charge in [0, 0.05) is 5.92 Å². The van der Waals surface area contributed by atoms with Crippen molar-refractivity contribution in [2.75, 3.05) is 0 Å². The summed E-state index contributed by atoms with van der Waals surface area (Å²) in [6.45, 7) is 7.88. The molecule has 2 aromatic carbocycles. The average Bonchev–Trinajstić information content (AvgIpc) is 3.22. The molecule has 3 heteroatoms. The summed E-state index contributed by atoms with van der Waals surface area (Å²) in [6, 6.07) is 17.0. The molecular weight excluding hydrogens is 426 g/mol. The Morgan fingerprint density at radius 2 is 1.36 bits per heavy atom. The molecule has 0 radical (unpaired) electrons. The van der Waals surface area contributed by atoms with Gasteiger partial charge >= 0.3 is 37.9 Å². The first kappa shape index (κ1) is 20.7. The predicted octanol–water partition coefficient (Wildman–Crippen LogP) is 7.42. The first-order chi connectivity index (χ1) is 12.2. The van der Waals surface area contributed by atoms with Crippen molar-refractivity contribution in [3.05, 3.63) is 96.8 Å². The second-order valence-electron chi connectivity index (χ2n) is 5.90. The Hall–Kier alpha value is -0.617. The third kappa shape index (κ3) is 5.95. The van der Waals surface area contributed by atoms with E-state index in [4.69, 9.17) is 17.0 Å². The Kier molecular flexibility index (Phi) is 9.25. The number of halogens is 2. The van der Waals surface area contributed by atoms with Gasteiger partial charge < -0.3 is 13.8 Å². The van der Waals surface area contributed by atoms with Crippen LogP contribution < -0.4 is 0 Å². The van der Waals surface area contributed by atoms with Gasteiger partial charge in [0.1, 0.15) is 0 Å². The summed E-state index contributed by atoms with van der Waals surface area (Å²) in [5.74, 6) is 0.995. The van der Waals surface area contributed by atoms with Crippen molar-refractivity contribution in [1.82, 2.24) is 0 Å². The monoisotopic (exact) mass is 446 g/mol. The van der Waals surface area contributed by atoms with Gasteiger partial charge in [0.2, 0.25) is 0 Å². The quantitative estimate of drug-likeness (QED) is 0.420. The number of benzene rings is 2. The summed E-state index contributed by atoms with van der Waals surface area (Å²) >= 11 is -0.826. The minimum absolute atomic E-state index is 0.371. The van der Waals surface area contributed by atoms with Gasteiger partial charge in [-0.15, -0.1) is 12.0 Å². The Morgan fingerprint density at radius 3 is 1.96 bits per heavy atom. The van der Waals surface area contributed by atoms with Crippen molar-refractivity contribution in [2.24, 2.45) is 0 Å². The van der Waals surface area contributed by atoms with E-state index in [0.29, 0.717) is 11.8 Å². The molecule has 2 aromatic rings.